The van der Waals surface area contributed by atoms with Crippen molar-refractivity contribution in [2.45, 2.75) is 67.4 Å². The number of hydrogen-bond donors (Lipinski definition) is 0. The molecule has 0 aliphatic heterocycles. The third kappa shape index (κ3) is 3.63. The fourth-order valence-electron chi connectivity index (χ4n) is 4.48. The molecule has 0 aliphatic carbocycles. The molecule has 3 heterocycles. The van der Waals surface area contributed by atoms with Crippen molar-refractivity contribution in [1.82, 2.24) is 19.2 Å². The average Bonchev–Trinajstić information content (AvgIpc) is 3.18. The van der Waals surface area contributed by atoms with E-state index in [2.05, 4.69) is 64.3 Å². The van der Waals surface area contributed by atoms with Crippen molar-refractivity contribution in [3.63, 3.8) is 0 Å². The van der Waals surface area contributed by atoms with Gasteiger partial charge in [-0.2, -0.15) is 9.61 Å². The van der Waals surface area contributed by atoms with Crippen molar-refractivity contribution in [3.05, 3.63) is 58.0 Å². The highest BCUT2D eigenvalue weighted by molar-refractivity contribution is 5.85. The molecule has 0 saturated carbocycles. The Morgan fingerprint density at radius 3 is 2.50 bits per heavy atom. The van der Waals surface area contributed by atoms with Gasteiger partial charge < -0.3 is 4.74 Å². The molecule has 0 radical (unpaired) electrons. The van der Waals surface area contributed by atoms with Crippen molar-refractivity contribution >= 4 is 16.7 Å². The smallest absolute Gasteiger partial charge is 0.157 e. The van der Waals surface area contributed by atoms with Crippen molar-refractivity contribution in [3.8, 4) is 5.69 Å². The summed E-state index contributed by atoms with van der Waals surface area (Å²) in [6.07, 6.45) is 2.25. The van der Waals surface area contributed by atoms with Crippen molar-refractivity contribution < 1.29 is 4.74 Å². The number of ether oxygens (including phenoxy) is 1. The van der Waals surface area contributed by atoms with Crippen LogP contribution >= 0.6 is 0 Å². The fourth-order valence-corrected chi connectivity index (χ4v) is 4.48. The highest BCUT2D eigenvalue weighted by Gasteiger charge is 2.19. The number of fused-ring (bicyclic) bond motifs is 3. The lowest BCUT2D eigenvalue weighted by molar-refractivity contribution is 0.0772. The van der Waals surface area contributed by atoms with Crippen molar-refractivity contribution in [2.75, 3.05) is 6.61 Å². The third-order valence-electron chi connectivity index (χ3n) is 5.63. The zero-order valence-electron chi connectivity index (χ0n) is 19.2. The molecule has 4 aromatic rings. The summed E-state index contributed by atoms with van der Waals surface area (Å²) in [5, 5.41) is 5.92. The van der Waals surface area contributed by atoms with Crippen LogP contribution in [0, 0.1) is 34.6 Å². The number of aromatic nitrogens is 4. The molecular formula is C25H32N4O. The molecule has 0 saturated heterocycles. The summed E-state index contributed by atoms with van der Waals surface area (Å²) in [5.41, 5.74) is 10.4. The number of benzene rings is 1. The third-order valence-corrected chi connectivity index (χ3v) is 5.63. The molecule has 0 spiro atoms. The number of rotatable bonds is 6. The number of hydrogen-bond acceptors (Lipinski definition) is 3. The Balaban J connectivity index is 1.93. The van der Waals surface area contributed by atoms with Gasteiger partial charge in [0.05, 0.1) is 23.2 Å². The summed E-state index contributed by atoms with van der Waals surface area (Å²) >= 11 is 0. The molecule has 30 heavy (non-hydrogen) atoms. The molecule has 0 N–H and O–H groups in total. The average molecular weight is 405 g/mol. The minimum absolute atomic E-state index is 0.270. The molecule has 1 aromatic carbocycles. The first-order chi connectivity index (χ1) is 14.3. The van der Waals surface area contributed by atoms with E-state index in [1.165, 1.54) is 28.1 Å². The first kappa shape index (κ1) is 20.6. The lowest BCUT2D eigenvalue weighted by atomic mass is 10.00. The molecule has 0 amide bonds. The van der Waals surface area contributed by atoms with E-state index in [1.54, 1.807) is 0 Å². The Labute approximate surface area is 178 Å². The van der Waals surface area contributed by atoms with E-state index in [0.717, 1.165) is 47.5 Å². The second-order valence-electron chi connectivity index (χ2n) is 8.72. The Hall–Kier alpha value is -2.66. The molecule has 3 aromatic heterocycles. The van der Waals surface area contributed by atoms with E-state index in [-0.39, 0.29) is 6.10 Å². The van der Waals surface area contributed by atoms with E-state index in [0.29, 0.717) is 0 Å². The molecule has 5 heteroatoms. The minimum Gasteiger partial charge on any atom is -0.379 e. The van der Waals surface area contributed by atoms with Crippen molar-refractivity contribution in [2.24, 2.45) is 0 Å². The van der Waals surface area contributed by atoms with Crippen LogP contribution in [0.25, 0.3) is 22.4 Å². The predicted octanol–water partition coefficient (Wildman–Crippen LogP) is 5.57. The quantitative estimate of drug-likeness (QED) is 0.395. The summed E-state index contributed by atoms with van der Waals surface area (Å²) in [6, 6.07) is 8.88. The van der Waals surface area contributed by atoms with Crippen LogP contribution in [0.15, 0.2) is 24.3 Å². The summed E-state index contributed by atoms with van der Waals surface area (Å²) in [4.78, 5) is 4.78. The number of aryl methyl sites for hydroxylation is 6. The van der Waals surface area contributed by atoms with Gasteiger partial charge in [0.2, 0.25) is 0 Å². The summed E-state index contributed by atoms with van der Waals surface area (Å²) in [5.74, 6) is 0. The lowest BCUT2D eigenvalue weighted by Gasteiger charge is -2.19. The molecule has 0 fully saturated rings. The van der Waals surface area contributed by atoms with Crippen LogP contribution in [-0.2, 0) is 11.2 Å². The van der Waals surface area contributed by atoms with Crippen molar-refractivity contribution in [1.29, 1.82) is 0 Å². The highest BCUT2D eigenvalue weighted by atomic mass is 16.5. The van der Waals surface area contributed by atoms with Gasteiger partial charge in [-0.3, -0.25) is 4.57 Å². The van der Waals surface area contributed by atoms with Crippen LogP contribution in [0.1, 0.15) is 54.0 Å². The van der Waals surface area contributed by atoms with Gasteiger partial charge in [-0.15, -0.1) is 0 Å². The standard InChI is InChI=1S/C25H32N4O/c1-15(2)30-10-8-9-21-12-16(3)11-17(4)24(21)28-19(6)14-22-20(7)26-23-13-18(5)27-29(23)25(22)28/h11-15H,8-10H2,1-7H3. The fraction of sp³-hybridized carbons (Fsp3) is 0.440. The van der Waals surface area contributed by atoms with E-state index in [1.807, 2.05) is 17.5 Å². The molecular weight excluding hydrogens is 372 g/mol. The Morgan fingerprint density at radius 2 is 1.77 bits per heavy atom. The maximum Gasteiger partial charge on any atom is 0.157 e. The van der Waals surface area contributed by atoms with Gasteiger partial charge in [-0.05, 0) is 78.5 Å². The van der Waals surface area contributed by atoms with Gasteiger partial charge in [0.15, 0.2) is 11.3 Å². The summed E-state index contributed by atoms with van der Waals surface area (Å²) in [6.45, 7) is 15.6. The first-order valence-corrected chi connectivity index (χ1v) is 10.8. The monoisotopic (exact) mass is 404 g/mol. The van der Waals surface area contributed by atoms with E-state index < -0.39 is 0 Å². The molecule has 5 nitrogen and oxygen atoms in total. The predicted molar refractivity (Wildman–Crippen MR) is 123 cm³/mol. The summed E-state index contributed by atoms with van der Waals surface area (Å²) in [7, 11) is 0. The van der Waals surface area contributed by atoms with Crippen LogP contribution in [0.2, 0.25) is 0 Å². The molecule has 4 rings (SSSR count). The zero-order valence-corrected chi connectivity index (χ0v) is 19.2. The summed E-state index contributed by atoms with van der Waals surface area (Å²) < 4.78 is 10.2. The maximum atomic E-state index is 5.80. The van der Waals surface area contributed by atoms with Gasteiger partial charge >= 0.3 is 0 Å². The first-order valence-electron chi connectivity index (χ1n) is 10.8. The topological polar surface area (TPSA) is 44.4 Å². The molecule has 0 unspecified atom stereocenters. The van der Waals surface area contributed by atoms with Gasteiger partial charge in [-0.25, -0.2) is 4.98 Å². The Morgan fingerprint density at radius 1 is 1.00 bits per heavy atom. The zero-order chi connectivity index (χ0) is 21.6. The molecule has 0 atom stereocenters. The van der Waals surface area contributed by atoms with Crippen LogP contribution in [0.5, 0.6) is 0 Å². The normalized spacial score (nSPS) is 12.0. The van der Waals surface area contributed by atoms with Gasteiger partial charge in [0.25, 0.3) is 0 Å². The molecule has 158 valence electrons. The van der Waals surface area contributed by atoms with Gasteiger partial charge in [0.1, 0.15) is 0 Å². The number of nitrogens with zero attached hydrogens (tertiary/aromatic N) is 4. The van der Waals surface area contributed by atoms with Gasteiger partial charge in [-0.1, -0.05) is 17.7 Å². The van der Waals surface area contributed by atoms with Crippen LogP contribution < -0.4 is 0 Å². The molecule has 0 bridgehead atoms. The molecule has 0 aliphatic rings. The van der Waals surface area contributed by atoms with Gasteiger partial charge in [0, 0.05) is 23.8 Å². The minimum atomic E-state index is 0.270. The van der Waals surface area contributed by atoms with E-state index >= 15 is 0 Å². The van der Waals surface area contributed by atoms with E-state index in [4.69, 9.17) is 14.8 Å². The van der Waals surface area contributed by atoms with Crippen LogP contribution in [0.4, 0.5) is 0 Å². The van der Waals surface area contributed by atoms with Crippen LogP contribution in [-0.4, -0.2) is 31.9 Å². The second-order valence-corrected chi connectivity index (χ2v) is 8.72. The second kappa shape index (κ2) is 7.88. The largest absolute Gasteiger partial charge is 0.379 e. The lowest BCUT2D eigenvalue weighted by Crippen LogP contribution is -2.10. The van der Waals surface area contributed by atoms with E-state index in [9.17, 15) is 0 Å². The Kier molecular flexibility index (Phi) is 5.41. The maximum absolute atomic E-state index is 5.80. The SMILES string of the molecule is Cc1cc(C)c(-n2c(C)cc3c(C)nc4cc(C)nn4c32)c(CCCOC(C)C)c1. The van der Waals surface area contributed by atoms with Crippen LogP contribution in [0.3, 0.4) is 0 Å². The Bertz CT molecular complexity index is 1230. The highest BCUT2D eigenvalue weighted by Crippen LogP contribution is 2.31.